The van der Waals surface area contributed by atoms with E-state index in [0.29, 0.717) is 31.0 Å². The minimum atomic E-state index is -4.50. The van der Waals surface area contributed by atoms with Gasteiger partial charge in [-0.1, -0.05) is 18.2 Å². The second-order valence-electron chi connectivity index (χ2n) is 8.96. The topological polar surface area (TPSA) is 104 Å². The number of benzene rings is 2. The molecule has 2 aromatic carbocycles. The van der Waals surface area contributed by atoms with Crippen molar-refractivity contribution in [2.45, 2.75) is 12.7 Å². The van der Waals surface area contributed by atoms with Crippen LogP contribution < -0.4 is 16.0 Å². The number of aromatic nitrogens is 3. The van der Waals surface area contributed by atoms with E-state index in [0.717, 1.165) is 40.9 Å². The first-order chi connectivity index (χ1) is 18.2. The van der Waals surface area contributed by atoms with Crippen LogP contribution >= 0.6 is 0 Å². The number of aryl methyl sites for hydroxylation is 1. The van der Waals surface area contributed by atoms with Gasteiger partial charge in [-0.2, -0.15) is 18.3 Å². The molecule has 9 nitrogen and oxygen atoms in total. The quantitative estimate of drug-likeness (QED) is 0.363. The second kappa shape index (κ2) is 10.1. The van der Waals surface area contributed by atoms with Crippen LogP contribution in [0.25, 0.3) is 22.2 Å². The summed E-state index contributed by atoms with van der Waals surface area (Å²) in [4.78, 5) is 30.9. The zero-order valence-electron chi connectivity index (χ0n) is 20.3. The first-order valence-corrected chi connectivity index (χ1v) is 11.8. The van der Waals surface area contributed by atoms with Crippen molar-refractivity contribution in [3.63, 3.8) is 0 Å². The Morgan fingerprint density at radius 2 is 1.84 bits per heavy atom. The van der Waals surface area contributed by atoms with Gasteiger partial charge in [0.2, 0.25) is 5.91 Å². The van der Waals surface area contributed by atoms with Crippen LogP contribution in [0.5, 0.6) is 0 Å². The summed E-state index contributed by atoms with van der Waals surface area (Å²) in [7, 11) is 1.81. The van der Waals surface area contributed by atoms with Gasteiger partial charge >= 0.3 is 12.2 Å². The third kappa shape index (κ3) is 5.59. The molecular weight excluding hydrogens is 499 g/mol. The SMILES string of the molecule is Cn1ncc2c(-c3ccc(NC(=O)Nc4cccc(C(F)(F)F)c4)cc3)cc(CN3CCNC(=O)C3)nc21. The molecular formula is C26H24F3N7O2. The van der Waals surface area contributed by atoms with Crippen LogP contribution in [0.15, 0.2) is 60.8 Å². The molecule has 196 valence electrons. The summed E-state index contributed by atoms with van der Waals surface area (Å²) in [5.41, 5.74) is 2.93. The van der Waals surface area contributed by atoms with E-state index in [2.05, 4.69) is 21.0 Å². The first kappa shape index (κ1) is 25.2. The van der Waals surface area contributed by atoms with Crippen molar-refractivity contribution in [2.24, 2.45) is 7.05 Å². The lowest BCUT2D eigenvalue weighted by Crippen LogP contribution is -2.47. The van der Waals surface area contributed by atoms with E-state index >= 15 is 0 Å². The van der Waals surface area contributed by atoms with Gasteiger partial charge in [-0.3, -0.25) is 14.4 Å². The summed E-state index contributed by atoms with van der Waals surface area (Å²) < 4.78 is 40.5. The molecule has 3 heterocycles. The molecule has 3 amide bonds. The molecule has 0 spiro atoms. The van der Waals surface area contributed by atoms with Crippen LogP contribution in [0.2, 0.25) is 0 Å². The second-order valence-corrected chi connectivity index (χ2v) is 8.96. The van der Waals surface area contributed by atoms with Crippen molar-refractivity contribution >= 4 is 34.3 Å². The van der Waals surface area contributed by atoms with Gasteiger partial charge in [-0.25, -0.2) is 9.78 Å². The lowest BCUT2D eigenvalue weighted by molar-refractivity contribution is -0.137. The number of nitrogens with one attached hydrogen (secondary N) is 3. The number of hydrogen-bond acceptors (Lipinski definition) is 5. The van der Waals surface area contributed by atoms with Gasteiger partial charge in [-0.05, 0) is 47.5 Å². The zero-order valence-corrected chi connectivity index (χ0v) is 20.3. The van der Waals surface area contributed by atoms with Gasteiger partial charge in [0.1, 0.15) is 0 Å². The maximum absolute atomic E-state index is 12.9. The summed E-state index contributed by atoms with van der Waals surface area (Å²) in [6.07, 6.45) is -2.76. The largest absolute Gasteiger partial charge is 0.416 e. The van der Waals surface area contributed by atoms with E-state index in [1.165, 1.54) is 12.1 Å². The highest BCUT2D eigenvalue weighted by Gasteiger charge is 2.30. The Morgan fingerprint density at radius 3 is 2.58 bits per heavy atom. The van der Waals surface area contributed by atoms with Crippen LogP contribution in [0.3, 0.4) is 0 Å². The molecule has 0 radical (unpaired) electrons. The van der Waals surface area contributed by atoms with E-state index in [1.54, 1.807) is 23.0 Å². The monoisotopic (exact) mass is 523 g/mol. The van der Waals surface area contributed by atoms with Gasteiger partial charge < -0.3 is 16.0 Å². The maximum Gasteiger partial charge on any atom is 0.416 e. The Bertz CT molecular complexity index is 1500. The van der Waals surface area contributed by atoms with Crippen molar-refractivity contribution in [1.82, 2.24) is 25.0 Å². The number of nitrogens with zero attached hydrogens (tertiary/aromatic N) is 4. The summed E-state index contributed by atoms with van der Waals surface area (Å²) in [6.45, 7) is 2.14. The number of anilines is 2. The minimum absolute atomic E-state index is 0.0155. The smallest absolute Gasteiger partial charge is 0.354 e. The number of pyridine rings is 1. The molecule has 3 N–H and O–H groups in total. The van der Waals surface area contributed by atoms with Crippen molar-refractivity contribution in [3.05, 3.63) is 72.1 Å². The molecule has 2 aromatic heterocycles. The molecule has 1 aliphatic heterocycles. The fraction of sp³-hybridized carbons (Fsp3) is 0.231. The Hall–Kier alpha value is -4.45. The van der Waals surface area contributed by atoms with Gasteiger partial charge in [0.25, 0.3) is 0 Å². The number of carbonyl (C=O) groups excluding carboxylic acids is 2. The average Bonchev–Trinajstić information content (AvgIpc) is 3.24. The number of amides is 3. The Labute approximate surface area is 215 Å². The standard InChI is InChI=1S/C26H24F3N7O2/c1-35-24-22(13-31-35)21(12-20(32-24)14-36-10-9-30-23(37)15-36)16-5-7-18(8-6-16)33-25(38)34-19-4-2-3-17(11-19)26(27,28)29/h2-8,11-13H,9-10,14-15H2,1H3,(H,30,37)(H2,33,34,38). The van der Waals surface area contributed by atoms with Crippen LogP contribution in [-0.2, 0) is 24.6 Å². The van der Waals surface area contributed by atoms with Crippen molar-refractivity contribution in [2.75, 3.05) is 30.3 Å². The summed E-state index contributed by atoms with van der Waals surface area (Å²) in [5.74, 6) is -0.0155. The van der Waals surface area contributed by atoms with E-state index in [1.807, 2.05) is 30.1 Å². The predicted molar refractivity (Wildman–Crippen MR) is 136 cm³/mol. The molecule has 4 aromatic rings. The molecule has 0 atom stereocenters. The molecule has 1 saturated heterocycles. The molecule has 1 fully saturated rings. The first-order valence-electron chi connectivity index (χ1n) is 11.8. The third-order valence-corrected chi connectivity index (χ3v) is 6.16. The Morgan fingerprint density at radius 1 is 1.08 bits per heavy atom. The molecule has 1 aliphatic rings. The number of rotatable bonds is 5. The van der Waals surface area contributed by atoms with Crippen LogP contribution in [0.1, 0.15) is 11.3 Å². The van der Waals surface area contributed by atoms with E-state index in [-0.39, 0.29) is 11.6 Å². The van der Waals surface area contributed by atoms with Crippen molar-refractivity contribution < 1.29 is 22.8 Å². The molecule has 38 heavy (non-hydrogen) atoms. The Kier molecular flexibility index (Phi) is 6.72. The number of halogens is 3. The number of alkyl halides is 3. The molecule has 0 aliphatic carbocycles. The molecule has 5 rings (SSSR count). The zero-order chi connectivity index (χ0) is 26.9. The van der Waals surface area contributed by atoms with E-state index in [4.69, 9.17) is 4.98 Å². The number of piperazine rings is 1. The molecule has 0 unspecified atom stereocenters. The van der Waals surface area contributed by atoms with Gasteiger partial charge in [-0.15, -0.1) is 0 Å². The van der Waals surface area contributed by atoms with E-state index < -0.39 is 17.8 Å². The van der Waals surface area contributed by atoms with Crippen molar-refractivity contribution in [3.8, 4) is 11.1 Å². The number of fused-ring (bicyclic) bond motifs is 1. The number of urea groups is 1. The fourth-order valence-electron chi connectivity index (χ4n) is 4.34. The van der Waals surface area contributed by atoms with E-state index in [9.17, 15) is 22.8 Å². The Balaban J connectivity index is 1.33. The predicted octanol–water partition coefficient (Wildman–Crippen LogP) is 4.23. The van der Waals surface area contributed by atoms with Crippen LogP contribution in [-0.4, -0.2) is 51.2 Å². The van der Waals surface area contributed by atoms with Crippen LogP contribution in [0.4, 0.5) is 29.3 Å². The lowest BCUT2D eigenvalue weighted by Gasteiger charge is -2.26. The highest BCUT2D eigenvalue weighted by molar-refractivity contribution is 6.00. The number of carbonyl (C=O) groups is 2. The highest BCUT2D eigenvalue weighted by Crippen LogP contribution is 2.31. The summed E-state index contributed by atoms with van der Waals surface area (Å²) >= 11 is 0. The summed E-state index contributed by atoms with van der Waals surface area (Å²) in [6, 6.07) is 12.8. The molecule has 0 bridgehead atoms. The normalized spacial score (nSPS) is 14.4. The third-order valence-electron chi connectivity index (χ3n) is 6.16. The minimum Gasteiger partial charge on any atom is -0.354 e. The van der Waals surface area contributed by atoms with Gasteiger partial charge in [0, 0.05) is 43.4 Å². The fourth-order valence-corrected chi connectivity index (χ4v) is 4.34. The number of hydrogen-bond donors (Lipinski definition) is 3. The highest BCUT2D eigenvalue weighted by atomic mass is 19.4. The van der Waals surface area contributed by atoms with Gasteiger partial charge in [0.05, 0.1) is 24.0 Å². The van der Waals surface area contributed by atoms with Gasteiger partial charge in [0.15, 0.2) is 5.65 Å². The maximum atomic E-state index is 12.9. The van der Waals surface area contributed by atoms with Crippen LogP contribution in [0, 0.1) is 0 Å². The molecule has 0 saturated carbocycles. The summed E-state index contributed by atoms with van der Waals surface area (Å²) in [5, 5.41) is 13.1. The molecule has 12 heteroatoms. The van der Waals surface area contributed by atoms with Crippen molar-refractivity contribution in [1.29, 1.82) is 0 Å². The average molecular weight is 524 g/mol. The lowest BCUT2D eigenvalue weighted by atomic mass is 10.0.